The molecule has 2 nitrogen and oxygen atoms in total. The van der Waals surface area contributed by atoms with Gasteiger partial charge < -0.3 is 9.53 Å². The maximum atomic E-state index is 13.5. The van der Waals surface area contributed by atoms with Crippen molar-refractivity contribution < 1.29 is 18.3 Å². The van der Waals surface area contributed by atoms with Crippen LogP contribution in [-0.4, -0.2) is 13.4 Å². The van der Waals surface area contributed by atoms with E-state index < -0.39 is 26.6 Å². The van der Waals surface area contributed by atoms with Crippen molar-refractivity contribution in [3.8, 4) is 5.75 Å². The van der Waals surface area contributed by atoms with E-state index in [2.05, 4.69) is 0 Å². The molecular weight excluding hydrogens is 254 g/mol. The molecule has 0 aliphatic heterocycles. The molecule has 18 heavy (non-hydrogen) atoms. The number of hydrogen-bond acceptors (Lipinski definition) is 2. The van der Waals surface area contributed by atoms with Gasteiger partial charge in [-0.2, -0.15) is 0 Å². The Morgan fingerprint density at radius 1 is 1.17 bits per heavy atom. The van der Waals surface area contributed by atoms with Crippen molar-refractivity contribution in [1.82, 2.24) is 0 Å². The molecule has 0 unspecified atom stereocenters. The fraction of sp³-hybridized carbons (Fsp3) is 0.538. The van der Waals surface area contributed by atoms with Crippen LogP contribution in [0.3, 0.4) is 0 Å². The minimum absolute atomic E-state index is 0.0460. The molecule has 0 radical (unpaired) electrons. The number of aliphatic hydroxyl groups is 1. The van der Waals surface area contributed by atoms with Crippen molar-refractivity contribution in [3.63, 3.8) is 0 Å². The Labute approximate surface area is 108 Å². The molecule has 1 aromatic carbocycles. The van der Waals surface area contributed by atoms with Gasteiger partial charge in [-0.05, 0) is 18.1 Å². The second kappa shape index (κ2) is 4.97. The van der Waals surface area contributed by atoms with Crippen LogP contribution in [0.2, 0.25) is 18.1 Å². The molecule has 0 amide bonds. The SMILES string of the molecule is CC(C)(C)[Si](C)(C)Oc1cc(F)c(CO)c(F)c1. The van der Waals surface area contributed by atoms with E-state index in [9.17, 15) is 8.78 Å². The molecule has 0 aromatic heterocycles. The van der Waals surface area contributed by atoms with Gasteiger partial charge in [0.15, 0.2) is 0 Å². The van der Waals surface area contributed by atoms with Gasteiger partial charge in [0.1, 0.15) is 17.4 Å². The molecule has 0 atom stereocenters. The van der Waals surface area contributed by atoms with E-state index in [1.807, 2.05) is 33.9 Å². The van der Waals surface area contributed by atoms with E-state index in [1.54, 1.807) is 0 Å². The van der Waals surface area contributed by atoms with Gasteiger partial charge in [0.25, 0.3) is 0 Å². The van der Waals surface area contributed by atoms with Crippen molar-refractivity contribution in [1.29, 1.82) is 0 Å². The summed E-state index contributed by atoms with van der Waals surface area (Å²) in [5.41, 5.74) is -0.322. The summed E-state index contributed by atoms with van der Waals surface area (Å²) in [6.45, 7) is 9.50. The van der Waals surface area contributed by atoms with Crippen LogP contribution in [0.15, 0.2) is 12.1 Å². The summed E-state index contributed by atoms with van der Waals surface area (Å²) < 4.78 is 32.8. The van der Waals surface area contributed by atoms with Crippen LogP contribution in [0, 0.1) is 11.6 Å². The lowest BCUT2D eigenvalue weighted by Crippen LogP contribution is -2.43. The first-order valence-corrected chi connectivity index (χ1v) is 8.77. The van der Waals surface area contributed by atoms with E-state index in [-0.39, 0.29) is 16.4 Å². The largest absolute Gasteiger partial charge is 0.543 e. The van der Waals surface area contributed by atoms with Crippen LogP contribution in [0.5, 0.6) is 5.75 Å². The first-order chi connectivity index (χ1) is 8.08. The van der Waals surface area contributed by atoms with Crippen LogP contribution in [0.4, 0.5) is 8.78 Å². The molecule has 0 saturated heterocycles. The number of benzene rings is 1. The quantitative estimate of drug-likeness (QED) is 0.849. The molecule has 0 saturated carbocycles. The minimum Gasteiger partial charge on any atom is -0.543 e. The first kappa shape index (κ1) is 15.1. The van der Waals surface area contributed by atoms with Crippen LogP contribution in [-0.2, 0) is 6.61 Å². The highest BCUT2D eigenvalue weighted by atomic mass is 28.4. The highest BCUT2D eigenvalue weighted by Crippen LogP contribution is 2.37. The summed E-state index contributed by atoms with van der Waals surface area (Å²) in [5.74, 6) is -1.36. The van der Waals surface area contributed by atoms with Gasteiger partial charge in [-0.15, -0.1) is 0 Å². The molecule has 5 heteroatoms. The van der Waals surface area contributed by atoms with Crippen molar-refractivity contribution in [2.75, 3.05) is 0 Å². The lowest BCUT2D eigenvalue weighted by molar-refractivity contribution is 0.268. The van der Waals surface area contributed by atoms with Gasteiger partial charge in [0.2, 0.25) is 8.32 Å². The fourth-order valence-electron chi connectivity index (χ4n) is 1.24. The van der Waals surface area contributed by atoms with E-state index in [1.165, 1.54) is 0 Å². The predicted molar refractivity (Wildman–Crippen MR) is 70.1 cm³/mol. The summed E-state index contributed by atoms with van der Waals surface area (Å²) in [4.78, 5) is 0. The Bertz CT molecular complexity index is 416. The second-order valence-corrected chi connectivity index (χ2v) is 10.6. The summed E-state index contributed by atoms with van der Waals surface area (Å²) in [6.07, 6.45) is 0. The monoisotopic (exact) mass is 274 g/mol. The number of rotatable bonds is 3. The third-order valence-electron chi connectivity index (χ3n) is 3.45. The molecule has 0 aliphatic rings. The molecule has 1 N–H and O–H groups in total. The van der Waals surface area contributed by atoms with Gasteiger partial charge in [-0.1, -0.05) is 20.8 Å². The minimum atomic E-state index is -2.12. The zero-order valence-corrected chi connectivity index (χ0v) is 12.5. The van der Waals surface area contributed by atoms with Gasteiger partial charge in [0.05, 0.1) is 6.61 Å². The van der Waals surface area contributed by atoms with E-state index in [0.29, 0.717) is 0 Å². The molecule has 0 aliphatic carbocycles. The first-order valence-electron chi connectivity index (χ1n) is 5.86. The Morgan fingerprint density at radius 3 is 1.94 bits per heavy atom. The normalized spacial score (nSPS) is 12.7. The number of hydrogen-bond donors (Lipinski definition) is 1. The lowest BCUT2D eigenvalue weighted by Gasteiger charge is -2.36. The molecule has 0 heterocycles. The molecule has 1 rings (SSSR count). The van der Waals surface area contributed by atoms with Crippen LogP contribution in [0.25, 0.3) is 0 Å². The smallest absolute Gasteiger partial charge is 0.250 e. The number of halogens is 2. The zero-order valence-electron chi connectivity index (χ0n) is 11.5. The Balaban J connectivity index is 3.07. The van der Waals surface area contributed by atoms with Crippen molar-refractivity contribution in [2.24, 2.45) is 0 Å². The fourth-order valence-corrected chi connectivity index (χ4v) is 2.25. The molecule has 1 aromatic rings. The van der Waals surface area contributed by atoms with Crippen molar-refractivity contribution in [2.45, 2.75) is 45.5 Å². The number of aliphatic hydroxyl groups excluding tert-OH is 1. The summed E-state index contributed by atoms with van der Waals surface area (Å²) in [7, 11) is -2.12. The molecule has 0 spiro atoms. The summed E-state index contributed by atoms with van der Waals surface area (Å²) >= 11 is 0. The lowest BCUT2D eigenvalue weighted by atomic mass is 10.2. The maximum Gasteiger partial charge on any atom is 0.250 e. The molecular formula is C13H20F2O2Si. The summed E-state index contributed by atoms with van der Waals surface area (Å²) in [6, 6.07) is 2.27. The van der Waals surface area contributed by atoms with Gasteiger partial charge in [-0.25, -0.2) is 8.78 Å². The van der Waals surface area contributed by atoms with Crippen molar-refractivity contribution >= 4 is 8.32 Å². The Hall–Kier alpha value is -0.943. The highest BCUT2D eigenvalue weighted by molar-refractivity contribution is 6.74. The van der Waals surface area contributed by atoms with Gasteiger partial charge in [0, 0.05) is 17.7 Å². The predicted octanol–water partition coefficient (Wildman–Crippen LogP) is 3.84. The average Bonchev–Trinajstić information content (AvgIpc) is 2.14. The Morgan fingerprint density at radius 2 is 1.61 bits per heavy atom. The summed E-state index contributed by atoms with van der Waals surface area (Å²) in [5, 5.41) is 8.79. The Kier molecular flexibility index (Phi) is 4.18. The van der Waals surface area contributed by atoms with Gasteiger partial charge in [-0.3, -0.25) is 0 Å². The molecule has 0 fully saturated rings. The van der Waals surface area contributed by atoms with Crippen LogP contribution < -0.4 is 4.43 Å². The average molecular weight is 274 g/mol. The third-order valence-corrected chi connectivity index (χ3v) is 7.81. The van der Waals surface area contributed by atoms with Crippen LogP contribution >= 0.6 is 0 Å². The van der Waals surface area contributed by atoms with E-state index >= 15 is 0 Å². The standard InChI is InChI=1S/C13H20F2O2Si/c1-13(2,3)18(4,5)17-9-6-11(14)10(8-16)12(15)7-9/h6-7,16H,8H2,1-5H3. The second-order valence-electron chi connectivity index (χ2n) is 5.89. The van der Waals surface area contributed by atoms with Crippen molar-refractivity contribution in [3.05, 3.63) is 29.3 Å². The highest BCUT2D eigenvalue weighted by Gasteiger charge is 2.39. The van der Waals surface area contributed by atoms with E-state index in [0.717, 1.165) is 12.1 Å². The maximum absolute atomic E-state index is 13.5. The van der Waals surface area contributed by atoms with Crippen LogP contribution in [0.1, 0.15) is 26.3 Å². The third kappa shape index (κ3) is 3.08. The topological polar surface area (TPSA) is 29.5 Å². The van der Waals surface area contributed by atoms with Gasteiger partial charge >= 0.3 is 0 Å². The molecule has 102 valence electrons. The zero-order chi connectivity index (χ0) is 14.1. The molecule has 0 bridgehead atoms. The van der Waals surface area contributed by atoms with E-state index in [4.69, 9.17) is 9.53 Å².